The molecule has 94 heavy (non-hydrogen) atoms. The predicted molar refractivity (Wildman–Crippen MR) is 349 cm³/mol. The molecule has 0 fully saturated rings. The van der Waals surface area contributed by atoms with Gasteiger partial charge in [0.15, 0.2) is 23.3 Å². The summed E-state index contributed by atoms with van der Waals surface area (Å²) in [5.41, 5.74) is 8.54. The minimum Gasteiger partial charge on any atom is -0.207 e. The molecular weight excluding hydrogens is 1250 g/mol. The summed E-state index contributed by atoms with van der Waals surface area (Å²) in [5.74, 6) is -11.3. The third-order valence-corrected chi connectivity index (χ3v) is 12.2. The third kappa shape index (κ3) is 29.4. The van der Waals surface area contributed by atoms with Crippen molar-refractivity contribution >= 4 is 44.6 Å². The second-order valence-corrected chi connectivity index (χ2v) is 21.0. The molecule has 0 aliphatic carbocycles. The van der Waals surface area contributed by atoms with E-state index in [9.17, 15) is 79.0 Å². The summed E-state index contributed by atoms with van der Waals surface area (Å²) in [6.07, 6.45) is -12.8. The van der Waals surface area contributed by atoms with Gasteiger partial charge in [0, 0.05) is 6.07 Å². The lowest BCUT2D eigenvalue weighted by atomic mass is 10.0. The van der Waals surface area contributed by atoms with Gasteiger partial charge in [0.1, 0.15) is 23.3 Å². The standard InChI is InChI=1S/C11H11F3.2C10H9F3.C9H5F5.C9H8F2.2C9H9F.C9H10/c1-7(2)9-4-8(3)5-10(6-9)11(12,13)14;1-7(2)8-3-5-9(6-4-8)10(11,12)13;1-7(2)8-4-3-5-9(6-8)10(11,12)13;1-3(2)4-5(10)7(12)9(14)8(13)6(4)11;1-6(2)7-3-8(10)5-9(11)4-7;1-7(2)8-3-5-9(10)6-4-8;1-7(2)8-4-3-5-9(10)6-8;1-8(2)9-6-4-3-5-7-9/h4-6H,1H2,2-3H3;2*3-6H,1H2,2H3;1H2,2H3;3-5H,1H2,2H3;2*3-6H,1H2,2H3;3-7H,1H2,2H3. The molecule has 8 aromatic carbocycles. The van der Waals surface area contributed by atoms with Crippen LogP contribution in [-0.2, 0) is 18.5 Å². The van der Waals surface area contributed by atoms with Gasteiger partial charge in [0.2, 0.25) is 5.82 Å². The highest BCUT2D eigenvalue weighted by molar-refractivity contribution is 5.66. The average Bonchev–Trinajstić information content (AvgIpc) is 0.804. The first-order valence-corrected chi connectivity index (χ1v) is 27.6. The highest BCUT2D eigenvalue weighted by atomic mass is 19.4. The van der Waals surface area contributed by atoms with E-state index in [1.54, 1.807) is 65.0 Å². The molecule has 0 saturated heterocycles. The second-order valence-electron chi connectivity index (χ2n) is 21.0. The van der Waals surface area contributed by atoms with Crippen LogP contribution in [0.4, 0.5) is 79.0 Å². The van der Waals surface area contributed by atoms with Crippen LogP contribution < -0.4 is 0 Å². The van der Waals surface area contributed by atoms with E-state index in [1.807, 2.05) is 45.0 Å². The van der Waals surface area contributed by atoms with Gasteiger partial charge in [-0.05, 0) is 185 Å². The molecule has 500 valence electrons. The topological polar surface area (TPSA) is 0 Å². The smallest absolute Gasteiger partial charge is 0.207 e. The van der Waals surface area contributed by atoms with Crippen molar-refractivity contribution in [3.63, 3.8) is 0 Å². The fraction of sp³-hybridized carbons (Fsp3) is 0.158. The van der Waals surface area contributed by atoms with Crippen LogP contribution in [0.1, 0.15) is 122 Å². The van der Waals surface area contributed by atoms with Gasteiger partial charge in [-0.15, -0.1) is 0 Å². The lowest BCUT2D eigenvalue weighted by Crippen LogP contribution is -2.05. The lowest BCUT2D eigenvalue weighted by Gasteiger charge is -2.10. The highest BCUT2D eigenvalue weighted by Gasteiger charge is 2.32. The van der Waals surface area contributed by atoms with Crippen molar-refractivity contribution in [1.82, 2.24) is 0 Å². The number of rotatable bonds is 8. The van der Waals surface area contributed by atoms with Crippen molar-refractivity contribution < 1.29 is 79.0 Å². The van der Waals surface area contributed by atoms with Crippen LogP contribution >= 0.6 is 0 Å². The van der Waals surface area contributed by atoms with Crippen LogP contribution in [-0.4, -0.2) is 0 Å². The number of halogens is 18. The maximum atomic E-state index is 12.9. The molecule has 0 radical (unpaired) electrons. The second kappa shape index (κ2) is 37.8. The van der Waals surface area contributed by atoms with Gasteiger partial charge in [-0.2, -0.15) is 39.5 Å². The van der Waals surface area contributed by atoms with Crippen LogP contribution in [0, 0.1) is 59.3 Å². The van der Waals surface area contributed by atoms with Gasteiger partial charge < -0.3 is 0 Å². The molecule has 0 aliphatic heterocycles. The SMILES string of the molecule is C=C(C)c1c(F)c(F)c(F)c(F)c1F.C=C(C)c1cc(C)cc(C(F)(F)F)c1.C=C(C)c1cc(F)cc(F)c1.C=C(C)c1ccc(C(F)(F)F)cc1.C=C(C)c1ccc(F)cc1.C=C(C)c1cccc(C(F)(F)F)c1.C=C(C)c1cccc(F)c1.C=C(C)c1ccccc1. The van der Waals surface area contributed by atoms with Gasteiger partial charge in [-0.25, -0.2) is 39.5 Å². The fourth-order valence-electron chi connectivity index (χ4n) is 7.09. The Morgan fingerprint density at radius 3 is 0.915 bits per heavy atom. The maximum Gasteiger partial charge on any atom is 0.416 e. The van der Waals surface area contributed by atoms with Crippen molar-refractivity contribution in [1.29, 1.82) is 0 Å². The predicted octanol–water partition coefficient (Wildman–Crippen LogP) is 26.4. The molecule has 0 aliphatic rings. The van der Waals surface area contributed by atoms with E-state index in [4.69, 9.17) is 0 Å². The molecule has 0 spiro atoms. The number of hydrogen-bond donors (Lipinski definition) is 0. The van der Waals surface area contributed by atoms with E-state index >= 15 is 0 Å². The first-order chi connectivity index (χ1) is 43.3. The molecule has 0 N–H and O–H groups in total. The first kappa shape index (κ1) is 82.4. The number of benzene rings is 8. The van der Waals surface area contributed by atoms with E-state index < -0.39 is 81.5 Å². The van der Waals surface area contributed by atoms with E-state index in [0.29, 0.717) is 39.0 Å². The molecule has 8 aromatic rings. The Kier molecular flexibility index (Phi) is 33.2. The number of allylic oxidation sites excluding steroid dienone is 8. The summed E-state index contributed by atoms with van der Waals surface area (Å²) in [4.78, 5) is 0. The van der Waals surface area contributed by atoms with Crippen LogP contribution in [0.3, 0.4) is 0 Å². The molecule has 18 heteroatoms. The van der Waals surface area contributed by atoms with Crippen LogP contribution in [0.5, 0.6) is 0 Å². The number of aryl methyl sites for hydroxylation is 1. The molecule has 0 bridgehead atoms. The molecular formula is C76H70F18. The van der Waals surface area contributed by atoms with Gasteiger partial charge in [0.05, 0.1) is 22.3 Å². The van der Waals surface area contributed by atoms with Crippen LogP contribution in [0.25, 0.3) is 44.6 Å². The first-order valence-electron chi connectivity index (χ1n) is 27.6. The Labute approximate surface area is 538 Å². The molecule has 0 amide bonds. The quantitative estimate of drug-likeness (QED) is 0.0808. The average molecular weight is 1330 g/mol. The molecule has 0 heterocycles. The molecule has 8 rings (SSSR count). The Hall–Kier alpha value is -9.58. The number of hydrogen-bond acceptors (Lipinski definition) is 0. The van der Waals surface area contributed by atoms with Crippen molar-refractivity contribution in [2.75, 3.05) is 0 Å². The Morgan fingerprint density at radius 1 is 0.245 bits per heavy atom. The zero-order chi connectivity index (χ0) is 72.3. The molecule has 0 saturated carbocycles. The van der Waals surface area contributed by atoms with Crippen molar-refractivity contribution in [3.8, 4) is 0 Å². The van der Waals surface area contributed by atoms with Crippen molar-refractivity contribution in [3.05, 3.63) is 336 Å². The van der Waals surface area contributed by atoms with Crippen LogP contribution in [0.15, 0.2) is 216 Å². The van der Waals surface area contributed by atoms with E-state index in [1.165, 1.54) is 60.2 Å². The van der Waals surface area contributed by atoms with Crippen LogP contribution in [0.2, 0.25) is 0 Å². The maximum absolute atomic E-state index is 12.9. The summed E-state index contributed by atoms with van der Waals surface area (Å²) in [6.45, 7) is 44.2. The van der Waals surface area contributed by atoms with E-state index in [-0.39, 0.29) is 17.2 Å². The highest BCUT2D eigenvalue weighted by Crippen LogP contribution is 2.34. The van der Waals surface area contributed by atoms with Crippen molar-refractivity contribution in [2.45, 2.75) is 80.8 Å². The third-order valence-electron chi connectivity index (χ3n) is 12.2. The summed E-state index contributed by atoms with van der Waals surface area (Å²) >= 11 is 0. The minimum atomic E-state index is -4.28. The summed E-state index contributed by atoms with van der Waals surface area (Å²) in [6, 6.07) is 40.3. The van der Waals surface area contributed by atoms with Gasteiger partial charge in [-0.3, -0.25) is 0 Å². The summed E-state index contributed by atoms with van der Waals surface area (Å²) in [5, 5.41) is 0. The van der Waals surface area contributed by atoms with Gasteiger partial charge in [0.25, 0.3) is 0 Å². The summed E-state index contributed by atoms with van der Waals surface area (Å²) in [7, 11) is 0. The minimum absolute atomic E-state index is 0.204. The zero-order valence-corrected chi connectivity index (χ0v) is 53.0. The Balaban J connectivity index is 0.000000539. The Bertz CT molecular complexity index is 3850. The fourth-order valence-corrected chi connectivity index (χ4v) is 7.09. The zero-order valence-electron chi connectivity index (χ0n) is 53.0. The van der Waals surface area contributed by atoms with Gasteiger partial charge in [-0.1, -0.05) is 177 Å². The molecule has 0 nitrogen and oxygen atoms in total. The normalized spacial score (nSPS) is 10.4. The monoisotopic (exact) mass is 1320 g/mol. The molecule has 0 aromatic heterocycles. The molecule has 0 unspecified atom stereocenters. The number of alkyl halides is 9. The van der Waals surface area contributed by atoms with E-state index in [0.717, 1.165) is 88.4 Å². The lowest BCUT2D eigenvalue weighted by molar-refractivity contribution is -0.138. The van der Waals surface area contributed by atoms with E-state index in [2.05, 4.69) is 64.8 Å². The molecule has 0 atom stereocenters. The Morgan fingerprint density at radius 2 is 0.564 bits per heavy atom. The largest absolute Gasteiger partial charge is 0.416 e. The van der Waals surface area contributed by atoms with Crippen molar-refractivity contribution in [2.24, 2.45) is 0 Å². The summed E-state index contributed by atoms with van der Waals surface area (Å²) < 4.78 is 223. The van der Waals surface area contributed by atoms with Gasteiger partial charge >= 0.3 is 18.5 Å².